The van der Waals surface area contributed by atoms with E-state index in [0.29, 0.717) is 6.42 Å². The highest BCUT2D eigenvalue weighted by Crippen LogP contribution is 2.29. The molecule has 168 valence electrons. The van der Waals surface area contributed by atoms with Gasteiger partial charge < -0.3 is 0 Å². The number of hydrogen-bond donors (Lipinski definition) is 1. The summed E-state index contributed by atoms with van der Waals surface area (Å²) in [7, 11) is -4.22. The number of fused-ring (bicyclic) bond motifs is 1. The standard InChI is InChI=1S/C26H40O3S/c1-3-5-7-9-11-13-16-22-18-15-19-23-21-26(30(27,28)29)24(20-25(22)23)17-14-12-10-8-6-4-2/h15,18-21H,3-14,16-17H2,1-2H3,(H,27,28,29). The van der Waals surface area contributed by atoms with Crippen molar-refractivity contribution in [3.8, 4) is 0 Å². The van der Waals surface area contributed by atoms with Crippen molar-refractivity contribution >= 4 is 20.9 Å². The number of unbranched alkanes of at least 4 members (excludes halogenated alkanes) is 10. The van der Waals surface area contributed by atoms with Gasteiger partial charge in [0.1, 0.15) is 0 Å². The molecule has 30 heavy (non-hydrogen) atoms. The molecule has 0 aliphatic carbocycles. The molecule has 0 amide bonds. The monoisotopic (exact) mass is 432 g/mol. The van der Waals surface area contributed by atoms with E-state index in [-0.39, 0.29) is 4.90 Å². The SMILES string of the molecule is CCCCCCCCc1cc2c(CCCCCCCC)cccc2cc1S(=O)(=O)O. The first-order chi connectivity index (χ1) is 14.5. The molecule has 1 N–H and O–H groups in total. The van der Waals surface area contributed by atoms with Crippen molar-refractivity contribution in [2.24, 2.45) is 0 Å². The molecule has 0 aliphatic heterocycles. The van der Waals surface area contributed by atoms with Crippen LogP contribution < -0.4 is 0 Å². The van der Waals surface area contributed by atoms with Crippen LogP contribution in [0.4, 0.5) is 0 Å². The van der Waals surface area contributed by atoms with Gasteiger partial charge in [-0.15, -0.1) is 0 Å². The van der Waals surface area contributed by atoms with Gasteiger partial charge in [0.05, 0.1) is 4.90 Å². The molecule has 0 bridgehead atoms. The molecule has 0 fully saturated rings. The highest BCUT2D eigenvalue weighted by atomic mass is 32.2. The molecule has 4 heteroatoms. The number of aryl methyl sites for hydroxylation is 2. The largest absolute Gasteiger partial charge is 0.294 e. The lowest BCUT2D eigenvalue weighted by atomic mass is 9.96. The Morgan fingerprint density at radius 3 is 1.80 bits per heavy atom. The molecule has 0 saturated carbocycles. The van der Waals surface area contributed by atoms with Gasteiger partial charge in [0.25, 0.3) is 10.1 Å². The van der Waals surface area contributed by atoms with Crippen LogP contribution in [0, 0.1) is 0 Å². The summed E-state index contributed by atoms with van der Waals surface area (Å²) in [4.78, 5) is 0.0836. The minimum Gasteiger partial charge on any atom is -0.282 e. The van der Waals surface area contributed by atoms with Crippen LogP contribution >= 0.6 is 0 Å². The Hall–Kier alpha value is -1.39. The second-order valence-electron chi connectivity index (χ2n) is 8.61. The molecule has 0 heterocycles. The van der Waals surface area contributed by atoms with Crippen molar-refractivity contribution in [1.82, 2.24) is 0 Å². The highest BCUT2D eigenvalue weighted by molar-refractivity contribution is 7.85. The van der Waals surface area contributed by atoms with Crippen LogP contribution in [0.3, 0.4) is 0 Å². The van der Waals surface area contributed by atoms with Gasteiger partial charge in [-0.2, -0.15) is 8.42 Å². The minimum atomic E-state index is -4.22. The third kappa shape index (κ3) is 8.03. The number of benzene rings is 2. The quantitative estimate of drug-likeness (QED) is 0.230. The summed E-state index contributed by atoms with van der Waals surface area (Å²) in [5.74, 6) is 0. The molecule has 0 aliphatic rings. The molecule has 2 aromatic carbocycles. The summed E-state index contributed by atoms with van der Waals surface area (Å²) in [5.41, 5.74) is 2.05. The average Bonchev–Trinajstić information content (AvgIpc) is 2.72. The summed E-state index contributed by atoms with van der Waals surface area (Å²) in [6.07, 6.45) is 16.3. The van der Waals surface area contributed by atoms with E-state index in [9.17, 15) is 13.0 Å². The Kier molecular flexibility index (Phi) is 10.9. The van der Waals surface area contributed by atoms with Crippen LogP contribution in [-0.2, 0) is 23.0 Å². The average molecular weight is 433 g/mol. The lowest BCUT2D eigenvalue weighted by Gasteiger charge is -2.13. The molecule has 0 spiro atoms. The molecule has 0 unspecified atom stereocenters. The lowest BCUT2D eigenvalue weighted by molar-refractivity contribution is 0.482. The second kappa shape index (κ2) is 13.1. The van der Waals surface area contributed by atoms with Gasteiger partial charge in [-0.25, -0.2) is 0 Å². The maximum atomic E-state index is 12.0. The van der Waals surface area contributed by atoms with Crippen molar-refractivity contribution < 1.29 is 13.0 Å². The summed E-state index contributed by atoms with van der Waals surface area (Å²) in [6, 6.07) is 9.80. The van der Waals surface area contributed by atoms with E-state index in [1.807, 2.05) is 18.2 Å². The maximum Gasteiger partial charge on any atom is 0.294 e. The number of rotatable bonds is 15. The Bertz CT molecular complexity index is 871. The first-order valence-electron chi connectivity index (χ1n) is 12.0. The van der Waals surface area contributed by atoms with Crippen molar-refractivity contribution in [2.45, 2.75) is 109 Å². The molecule has 0 atom stereocenters. The van der Waals surface area contributed by atoms with Gasteiger partial charge in [-0.05, 0) is 59.7 Å². The van der Waals surface area contributed by atoms with E-state index < -0.39 is 10.1 Å². The van der Waals surface area contributed by atoms with Crippen molar-refractivity contribution in [3.63, 3.8) is 0 Å². The Morgan fingerprint density at radius 1 is 0.700 bits per heavy atom. The van der Waals surface area contributed by atoms with Gasteiger partial charge >= 0.3 is 0 Å². The Labute approximate surface area is 184 Å². The molecular weight excluding hydrogens is 392 g/mol. The second-order valence-corrected chi connectivity index (χ2v) is 10.00. The summed E-state index contributed by atoms with van der Waals surface area (Å²) in [6.45, 7) is 4.44. The van der Waals surface area contributed by atoms with E-state index in [1.54, 1.807) is 6.07 Å². The molecule has 2 rings (SSSR count). The van der Waals surface area contributed by atoms with Crippen LogP contribution in [-0.4, -0.2) is 13.0 Å². The molecule has 0 radical (unpaired) electrons. The third-order valence-corrected chi connectivity index (χ3v) is 6.96. The van der Waals surface area contributed by atoms with Crippen molar-refractivity contribution in [3.05, 3.63) is 41.5 Å². The lowest BCUT2D eigenvalue weighted by Crippen LogP contribution is -2.04. The molecular formula is C26H40O3S. The Balaban J connectivity index is 2.14. The third-order valence-electron chi connectivity index (χ3n) is 6.03. The van der Waals surface area contributed by atoms with E-state index in [1.165, 1.54) is 63.4 Å². The van der Waals surface area contributed by atoms with Crippen LogP contribution in [0.2, 0.25) is 0 Å². The fourth-order valence-electron chi connectivity index (χ4n) is 4.26. The van der Waals surface area contributed by atoms with E-state index >= 15 is 0 Å². The minimum absolute atomic E-state index is 0.0836. The van der Waals surface area contributed by atoms with E-state index in [0.717, 1.165) is 42.0 Å². The van der Waals surface area contributed by atoms with Gasteiger partial charge in [-0.1, -0.05) is 96.3 Å². The van der Waals surface area contributed by atoms with Crippen LogP contribution in [0.1, 0.15) is 102 Å². The van der Waals surface area contributed by atoms with Crippen LogP contribution in [0.15, 0.2) is 35.2 Å². The first-order valence-corrected chi connectivity index (χ1v) is 13.4. The zero-order chi connectivity index (χ0) is 21.8. The van der Waals surface area contributed by atoms with Gasteiger partial charge in [0.2, 0.25) is 0 Å². The van der Waals surface area contributed by atoms with E-state index in [4.69, 9.17) is 0 Å². The summed E-state index contributed by atoms with van der Waals surface area (Å²) >= 11 is 0. The van der Waals surface area contributed by atoms with E-state index in [2.05, 4.69) is 19.9 Å². The fraction of sp³-hybridized carbons (Fsp3) is 0.615. The normalized spacial score (nSPS) is 12.0. The molecule has 0 aromatic heterocycles. The predicted octanol–water partition coefficient (Wildman–Crippen LogP) is 7.89. The van der Waals surface area contributed by atoms with Crippen LogP contribution in [0.25, 0.3) is 10.8 Å². The van der Waals surface area contributed by atoms with Gasteiger partial charge in [-0.3, -0.25) is 4.55 Å². The van der Waals surface area contributed by atoms with Gasteiger partial charge in [0, 0.05) is 0 Å². The summed E-state index contributed by atoms with van der Waals surface area (Å²) < 4.78 is 33.8. The van der Waals surface area contributed by atoms with Crippen LogP contribution in [0.5, 0.6) is 0 Å². The van der Waals surface area contributed by atoms with Crippen molar-refractivity contribution in [2.75, 3.05) is 0 Å². The van der Waals surface area contributed by atoms with Gasteiger partial charge in [0.15, 0.2) is 0 Å². The topological polar surface area (TPSA) is 54.4 Å². The fourth-order valence-corrected chi connectivity index (χ4v) is 5.03. The Morgan fingerprint density at radius 2 is 1.23 bits per heavy atom. The number of hydrogen-bond acceptors (Lipinski definition) is 2. The zero-order valence-electron chi connectivity index (χ0n) is 19.0. The first kappa shape index (κ1) is 24.9. The molecule has 0 saturated heterocycles. The summed E-state index contributed by atoms with van der Waals surface area (Å²) in [5, 5.41) is 2.04. The highest BCUT2D eigenvalue weighted by Gasteiger charge is 2.17. The smallest absolute Gasteiger partial charge is 0.282 e. The molecule has 2 aromatic rings. The maximum absolute atomic E-state index is 12.0. The zero-order valence-corrected chi connectivity index (χ0v) is 19.8. The predicted molar refractivity (Wildman–Crippen MR) is 128 cm³/mol. The molecule has 3 nitrogen and oxygen atoms in total. The van der Waals surface area contributed by atoms with Crippen molar-refractivity contribution in [1.29, 1.82) is 0 Å².